The van der Waals surface area contributed by atoms with Gasteiger partial charge in [0.1, 0.15) is 0 Å². The number of rotatable bonds is 7. The number of thiophene rings is 1. The van der Waals surface area contributed by atoms with Gasteiger partial charge in [0.15, 0.2) is 15.5 Å². The van der Waals surface area contributed by atoms with Crippen molar-refractivity contribution in [2.24, 2.45) is 0 Å². The summed E-state index contributed by atoms with van der Waals surface area (Å²) in [7, 11) is -3.47. The minimum atomic E-state index is -3.47. The van der Waals surface area contributed by atoms with E-state index in [1.165, 1.54) is 12.1 Å². The van der Waals surface area contributed by atoms with E-state index in [1.807, 2.05) is 17.5 Å². The molecule has 3 aromatic rings. The third-order valence-electron chi connectivity index (χ3n) is 3.69. The van der Waals surface area contributed by atoms with Crippen molar-refractivity contribution in [3.8, 4) is 10.6 Å². The molecule has 0 radical (unpaired) electrons. The fourth-order valence-corrected chi connectivity index (χ4v) is 4.04. The van der Waals surface area contributed by atoms with Gasteiger partial charge < -0.3 is 10.4 Å². The quantitative estimate of drug-likeness (QED) is 0.569. The number of nitrogens with zero attached hydrogens (tertiary/aromatic N) is 1. The van der Waals surface area contributed by atoms with E-state index in [1.54, 1.807) is 29.5 Å². The molecule has 7 nitrogen and oxygen atoms in total. The number of aliphatic hydroxyl groups is 1. The Hall–Kier alpha value is -2.49. The molecule has 1 amide bonds. The highest BCUT2D eigenvalue weighted by Gasteiger charge is 2.14. The molecular weight excluding hydrogens is 374 g/mol. The summed E-state index contributed by atoms with van der Waals surface area (Å²) in [5.41, 5.74) is 1.83. The van der Waals surface area contributed by atoms with Crippen LogP contribution in [0.15, 0.2) is 52.7 Å². The second-order valence-corrected chi connectivity index (χ2v) is 8.57. The summed E-state index contributed by atoms with van der Waals surface area (Å²) in [6.45, 7) is -0.169. The first-order valence-corrected chi connectivity index (χ1v) is 10.3. The van der Waals surface area contributed by atoms with Crippen LogP contribution in [0.5, 0.6) is 0 Å². The Morgan fingerprint density at radius 1 is 1.23 bits per heavy atom. The van der Waals surface area contributed by atoms with Crippen molar-refractivity contribution in [1.82, 2.24) is 15.5 Å². The Labute approximate surface area is 154 Å². The van der Waals surface area contributed by atoms with Gasteiger partial charge >= 0.3 is 0 Å². The zero-order valence-corrected chi connectivity index (χ0v) is 15.3. The topological polar surface area (TPSA) is 112 Å². The second-order valence-electron chi connectivity index (χ2n) is 5.51. The van der Waals surface area contributed by atoms with Crippen molar-refractivity contribution in [1.29, 1.82) is 0 Å². The lowest BCUT2D eigenvalue weighted by Crippen LogP contribution is -2.23. The van der Waals surface area contributed by atoms with Crippen molar-refractivity contribution >= 4 is 27.1 Å². The van der Waals surface area contributed by atoms with Gasteiger partial charge in [0.2, 0.25) is 0 Å². The Morgan fingerprint density at radius 2 is 2.00 bits per heavy atom. The minimum absolute atomic E-state index is 0.148. The molecule has 0 aliphatic rings. The SMILES string of the molecule is O=C(NCc1ccc(S(=O)(=O)CCO)cc1)c1cc(-c2cccs2)[nH]n1. The Kier molecular flexibility index (Phi) is 5.50. The lowest BCUT2D eigenvalue weighted by Gasteiger charge is -2.06. The molecule has 0 saturated carbocycles. The number of amides is 1. The lowest BCUT2D eigenvalue weighted by atomic mass is 10.2. The van der Waals surface area contributed by atoms with Crippen molar-refractivity contribution in [3.63, 3.8) is 0 Å². The highest BCUT2D eigenvalue weighted by atomic mass is 32.2. The van der Waals surface area contributed by atoms with E-state index in [0.29, 0.717) is 0 Å². The maximum Gasteiger partial charge on any atom is 0.272 e. The third-order valence-corrected chi connectivity index (χ3v) is 6.31. The fraction of sp³-hybridized carbons (Fsp3) is 0.176. The van der Waals surface area contributed by atoms with E-state index in [4.69, 9.17) is 5.11 Å². The van der Waals surface area contributed by atoms with Gasteiger partial charge in [-0.15, -0.1) is 11.3 Å². The summed E-state index contributed by atoms with van der Waals surface area (Å²) in [6.07, 6.45) is 0. The fourth-order valence-electron chi connectivity index (χ4n) is 2.32. The van der Waals surface area contributed by atoms with Crippen LogP contribution in [0.3, 0.4) is 0 Å². The predicted molar refractivity (Wildman–Crippen MR) is 98.7 cm³/mol. The number of hydrogen-bond acceptors (Lipinski definition) is 6. The first-order chi connectivity index (χ1) is 12.5. The standard InChI is InChI=1S/C17H17N3O4S2/c21-7-9-26(23,24)13-5-3-12(4-6-13)11-18-17(22)15-10-14(19-20-15)16-2-1-8-25-16/h1-6,8,10,21H,7,9,11H2,(H,18,22)(H,19,20). The van der Waals surface area contributed by atoms with Gasteiger partial charge in [0.05, 0.1) is 27.8 Å². The summed E-state index contributed by atoms with van der Waals surface area (Å²) < 4.78 is 23.7. The molecule has 0 saturated heterocycles. The molecule has 2 aromatic heterocycles. The maximum absolute atomic E-state index is 12.2. The smallest absolute Gasteiger partial charge is 0.272 e. The number of sulfone groups is 1. The highest BCUT2D eigenvalue weighted by Crippen LogP contribution is 2.22. The van der Waals surface area contributed by atoms with Gasteiger partial charge in [-0.3, -0.25) is 9.89 Å². The number of aromatic amines is 1. The number of aromatic nitrogens is 2. The summed E-state index contributed by atoms with van der Waals surface area (Å²) in [5, 5.41) is 20.3. The molecule has 3 rings (SSSR count). The van der Waals surface area contributed by atoms with Gasteiger partial charge in [0, 0.05) is 6.54 Å². The molecule has 0 unspecified atom stereocenters. The molecule has 0 bridgehead atoms. The first-order valence-electron chi connectivity index (χ1n) is 7.79. The monoisotopic (exact) mass is 391 g/mol. The van der Waals surface area contributed by atoms with Gasteiger partial charge in [-0.2, -0.15) is 5.10 Å². The zero-order valence-electron chi connectivity index (χ0n) is 13.7. The predicted octanol–water partition coefficient (Wildman–Crippen LogP) is 1.83. The van der Waals surface area contributed by atoms with Gasteiger partial charge in [-0.05, 0) is 35.2 Å². The Bertz CT molecular complexity index is 977. The van der Waals surface area contributed by atoms with Crippen LogP contribution in [-0.4, -0.2) is 42.0 Å². The molecule has 2 heterocycles. The number of benzene rings is 1. The van der Waals surface area contributed by atoms with Crippen LogP contribution in [0, 0.1) is 0 Å². The van der Waals surface area contributed by atoms with Crippen LogP contribution in [0.25, 0.3) is 10.6 Å². The van der Waals surface area contributed by atoms with Crippen LogP contribution in [0.4, 0.5) is 0 Å². The summed E-state index contributed by atoms with van der Waals surface area (Å²) in [5.74, 6) is -0.629. The van der Waals surface area contributed by atoms with E-state index < -0.39 is 16.4 Å². The first kappa shape index (κ1) is 18.3. The third kappa shape index (κ3) is 4.18. The minimum Gasteiger partial charge on any atom is -0.395 e. The number of H-pyrrole nitrogens is 1. The number of carbonyl (C=O) groups excluding carboxylic acids is 1. The van der Waals surface area contributed by atoms with Gasteiger partial charge in [-0.25, -0.2) is 8.42 Å². The zero-order chi connectivity index (χ0) is 18.6. The molecule has 0 aliphatic carbocycles. The van der Waals surface area contributed by atoms with Crippen molar-refractivity contribution < 1.29 is 18.3 Å². The number of hydrogen-bond donors (Lipinski definition) is 3. The van der Waals surface area contributed by atoms with E-state index in [2.05, 4.69) is 15.5 Å². The number of carbonyl (C=O) groups is 1. The Balaban J connectivity index is 1.61. The normalized spacial score (nSPS) is 11.4. The van der Waals surface area contributed by atoms with Gasteiger partial charge in [-0.1, -0.05) is 18.2 Å². The molecular formula is C17H17N3O4S2. The molecule has 0 aliphatic heterocycles. The Morgan fingerprint density at radius 3 is 2.65 bits per heavy atom. The molecule has 9 heteroatoms. The average Bonchev–Trinajstić information content (AvgIpc) is 3.31. The molecule has 0 spiro atoms. The van der Waals surface area contributed by atoms with Crippen molar-refractivity contribution in [2.45, 2.75) is 11.4 Å². The van der Waals surface area contributed by atoms with E-state index in [0.717, 1.165) is 16.1 Å². The second kappa shape index (κ2) is 7.81. The van der Waals surface area contributed by atoms with Gasteiger partial charge in [0.25, 0.3) is 5.91 Å². The van der Waals surface area contributed by atoms with Crippen molar-refractivity contribution in [2.75, 3.05) is 12.4 Å². The van der Waals surface area contributed by atoms with Crippen LogP contribution in [-0.2, 0) is 16.4 Å². The van der Waals surface area contributed by atoms with Crippen LogP contribution < -0.4 is 5.32 Å². The molecule has 1 aromatic carbocycles. The molecule has 26 heavy (non-hydrogen) atoms. The van der Waals surface area contributed by atoms with Crippen molar-refractivity contribution in [3.05, 3.63) is 59.1 Å². The van der Waals surface area contributed by atoms with E-state index in [-0.39, 0.29) is 28.8 Å². The average molecular weight is 391 g/mol. The summed E-state index contributed by atoms with van der Waals surface area (Å²) in [6, 6.07) is 11.7. The van der Waals surface area contributed by atoms with Crippen LogP contribution >= 0.6 is 11.3 Å². The molecule has 0 fully saturated rings. The van der Waals surface area contributed by atoms with Crippen LogP contribution in [0.2, 0.25) is 0 Å². The van der Waals surface area contributed by atoms with E-state index >= 15 is 0 Å². The summed E-state index contributed by atoms with van der Waals surface area (Å²) in [4.78, 5) is 13.3. The lowest BCUT2D eigenvalue weighted by molar-refractivity contribution is 0.0946. The molecule has 136 valence electrons. The molecule has 3 N–H and O–H groups in total. The highest BCUT2D eigenvalue weighted by molar-refractivity contribution is 7.91. The number of nitrogens with one attached hydrogen (secondary N) is 2. The number of aliphatic hydroxyl groups excluding tert-OH is 1. The largest absolute Gasteiger partial charge is 0.395 e. The molecule has 0 atom stereocenters. The van der Waals surface area contributed by atoms with E-state index in [9.17, 15) is 13.2 Å². The maximum atomic E-state index is 12.2. The summed E-state index contributed by atoms with van der Waals surface area (Å²) >= 11 is 1.55. The van der Waals surface area contributed by atoms with Crippen LogP contribution in [0.1, 0.15) is 16.1 Å².